The third-order valence-electron chi connectivity index (χ3n) is 3.65. The van der Waals surface area contributed by atoms with Crippen LogP contribution in [0, 0.1) is 0 Å². The van der Waals surface area contributed by atoms with Crippen LogP contribution in [0.15, 0.2) is 35.5 Å². The Bertz CT molecular complexity index is 595. The first-order valence-corrected chi connectivity index (χ1v) is 7.11. The number of amides is 1. The number of nitrogens with zero attached hydrogens (tertiary/aromatic N) is 1. The van der Waals surface area contributed by atoms with E-state index < -0.39 is 12.0 Å². The summed E-state index contributed by atoms with van der Waals surface area (Å²) in [6, 6.07) is 6.06. The predicted molar refractivity (Wildman–Crippen MR) is 80.0 cm³/mol. The summed E-state index contributed by atoms with van der Waals surface area (Å²) in [5, 5.41) is 9.87. The second kappa shape index (κ2) is 6.18. The highest BCUT2D eigenvalue weighted by Gasteiger charge is 2.34. The van der Waals surface area contributed by atoms with Crippen molar-refractivity contribution in [2.45, 2.75) is 25.8 Å². The van der Waals surface area contributed by atoms with Crippen molar-refractivity contribution < 1.29 is 14.7 Å². The SMILES string of the molecule is CCC1C(C(=O)O)=C(N)CCN1C(=O)c1ccc(Cl)cc1. The quantitative estimate of drug-likeness (QED) is 0.897. The molecule has 1 atom stereocenters. The fraction of sp³-hybridized carbons (Fsp3) is 0.333. The summed E-state index contributed by atoms with van der Waals surface area (Å²) >= 11 is 5.82. The molecule has 1 aromatic carbocycles. The van der Waals surface area contributed by atoms with Crippen LogP contribution in [0.4, 0.5) is 0 Å². The molecule has 1 aromatic rings. The Balaban J connectivity index is 2.33. The molecule has 0 aromatic heterocycles. The van der Waals surface area contributed by atoms with Gasteiger partial charge < -0.3 is 15.7 Å². The molecule has 5 nitrogen and oxygen atoms in total. The van der Waals surface area contributed by atoms with Gasteiger partial charge in [-0.25, -0.2) is 4.79 Å². The van der Waals surface area contributed by atoms with E-state index in [-0.39, 0.29) is 11.5 Å². The van der Waals surface area contributed by atoms with Crippen molar-refractivity contribution in [1.82, 2.24) is 4.90 Å². The van der Waals surface area contributed by atoms with Crippen LogP contribution < -0.4 is 5.73 Å². The number of rotatable bonds is 3. The number of carboxylic acid groups (broad SMARTS) is 1. The number of benzene rings is 1. The highest BCUT2D eigenvalue weighted by atomic mass is 35.5. The zero-order chi connectivity index (χ0) is 15.6. The first kappa shape index (κ1) is 15.4. The monoisotopic (exact) mass is 308 g/mol. The molecule has 0 fully saturated rings. The topological polar surface area (TPSA) is 83.6 Å². The van der Waals surface area contributed by atoms with E-state index in [1.807, 2.05) is 6.92 Å². The van der Waals surface area contributed by atoms with E-state index in [0.717, 1.165) is 0 Å². The Morgan fingerprint density at radius 2 is 2.00 bits per heavy atom. The number of nitrogens with two attached hydrogens (primary N) is 1. The van der Waals surface area contributed by atoms with Crippen molar-refractivity contribution in [3.8, 4) is 0 Å². The van der Waals surface area contributed by atoms with Gasteiger partial charge in [0.15, 0.2) is 0 Å². The van der Waals surface area contributed by atoms with Crippen molar-refractivity contribution >= 4 is 23.5 Å². The third kappa shape index (κ3) is 3.03. The van der Waals surface area contributed by atoms with Gasteiger partial charge in [-0.3, -0.25) is 4.79 Å². The molecule has 1 amide bonds. The summed E-state index contributed by atoms with van der Waals surface area (Å²) in [6.45, 7) is 2.26. The molecule has 0 radical (unpaired) electrons. The average molecular weight is 309 g/mol. The van der Waals surface area contributed by atoms with Crippen LogP contribution in [-0.4, -0.2) is 34.5 Å². The number of aliphatic carboxylic acids is 1. The first-order chi connectivity index (χ1) is 9.95. The maximum Gasteiger partial charge on any atom is 0.335 e. The van der Waals surface area contributed by atoms with E-state index in [1.165, 1.54) is 0 Å². The molecule has 1 aliphatic heterocycles. The van der Waals surface area contributed by atoms with Gasteiger partial charge in [-0.2, -0.15) is 0 Å². The van der Waals surface area contributed by atoms with Crippen LogP contribution in [0.2, 0.25) is 5.02 Å². The first-order valence-electron chi connectivity index (χ1n) is 6.74. The Kier molecular flexibility index (Phi) is 4.53. The largest absolute Gasteiger partial charge is 0.478 e. The molecule has 6 heteroatoms. The van der Waals surface area contributed by atoms with E-state index in [0.29, 0.717) is 35.7 Å². The molecule has 0 bridgehead atoms. The lowest BCUT2D eigenvalue weighted by molar-refractivity contribution is -0.133. The van der Waals surface area contributed by atoms with Crippen LogP contribution in [0.1, 0.15) is 30.1 Å². The number of carboxylic acids is 1. The zero-order valence-electron chi connectivity index (χ0n) is 11.7. The van der Waals surface area contributed by atoms with Gasteiger partial charge in [-0.05, 0) is 30.7 Å². The van der Waals surface area contributed by atoms with Crippen molar-refractivity contribution in [3.63, 3.8) is 0 Å². The van der Waals surface area contributed by atoms with E-state index >= 15 is 0 Å². The van der Waals surface area contributed by atoms with Crippen LogP contribution in [0.3, 0.4) is 0 Å². The van der Waals surface area contributed by atoms with Crippen LogP contribution in [-0.2, 0) is 4.79 Å². The maximum atomic E-state index is 12.6. The molecule has 0 saturated heterocycles. The minimum atomic E-state index is -1.06. The smallest absolute Gasteiger partial charge is 0.335 e. The maximum absolute atomic E-state index is 12.6. The van der Waals surface area contributed by atoms with Gasteiger partial charge >= 0.3 is 5.97 Å². The standard InChI is InChI=1S/C15H17ClN2O3/c1-2-12-13(15(20)21)11(17)7-8-18(12)14(19)9-3-5-10(16)6-4-9/h3-6,12H,2,7-8,17H2,1H3,(H,20,21). The van der Waals surface area contributed by atoms with Gasteiger partial charge in [0.25, 0.3) is 5.91 Å². The van der Waals surface area contributed by atoms with E-state index in [1.54, 1.807) is 29.2 Å². The second-order valence-corrected chi connectivity index (χ2v) is 5.36. The Morgan fingerprint density at radius 3 is 2.52 bits per heavy atom. The van der Waals surface area contributed by atoms with E-state index in [2.05, 4.69) is 0 Å². The van der Waals surface area contributed by atoms with Crippen molar-refractivity contribution in [2.75, 3.05) is 6.54 Å². The molecular weight excluding hydrogens is 292 g/mol. The van der Waals surface area contributed by atoms with Gasteiger partial charge in [-0.1, -0.05) is 18.5 Å². The van der Waals surface area contributed by atoms with Crippen LogP contribution in [0.25, 0.3) is 0 Å². The molecule has 1 unspecified atom stereocenters. The average Bonchev–Trinajstić information content (AvgIpc) is 2.46. The predicted octanol–water partition coefficient (Wildman–Crippen LogP) is 2.26. The Hall–Kier alpha value is -2.01. The summed E-state index contributed by atoms with van der Waals surface area (Å²) in [5.74, 6) is -1.27. The highest BCUT2D eigenvalue weighted by molar-refractivity contribution is 6.30. The number of hydrogen-bond acceptors (Lipinski definition) is 3. The summed E-state index contributed by atoms with van der Waals surface area (Å²) in [4.78, 5) is 25.5. The summed E-state index contributed by atoms with van der Waals surface area (Å²) in [5.41, 5.74) is 6.79. The van der Waals surface area contributed by atoms with Gasteiger partial charge in [0, 0.05) is 29.2 Å². The van der Waals surface area contributed by atoms with Crippen LogP contribution >= 0.6 is 11.6 Å². The normalized spacial score (nSPS) is 18.8. The van der Waals surface area contributed by atoms with Gasteiger partial charge in [0.1, 0.15) is 0 Å². The number of carbonyl (C=O) groups excluding carboxylic acids is 1. The fourth-order valence-corrected chi connectivity index (χ4v) is 2.73. The van der Waals surface area contributed by atoms with Crippen molar-refractivity contribution in [2.24, 2.45) is 5.73 Å². The summed E-state index contributed by atoms with van der Waals surface area (Å²) in [6.07, 6.45) is 0.874. The summed E-state index contributed by atoms with van der Waals surface area (Å²) in [7, 11) is 0. The molecule has 1 aliphatic rings. The molecular formula is C15H17ClN2O3. The number of halogens is 1. The Labute approximate surface area is 128 Å². The van der Waals surface area contributed by atoms with Crippen LogP contribution in [0.5, 0.6) is 0 Å². The lowest BCUT2D eigenvalue weighted by Gasteiger charge is -2.36. The van der Waals surface area contributed by atoms with Gasteiger partial charge in [0.05, 0.1) is 11.6 Å². The molecule has 21 heavy (non-hydrogen) atoms. The molecule has 0 saturated carbocycles. The molecule has 3 N–H and O–H groups in total. The fourth-order valence-electron chi connectivity index (χ4n) is 2.61. The Morgan fingerprint density at radius 1 is 1.38 bits per heavy atom. The summed E-state index contributed by atoms with van der Waals surface area (Å²) < 4.78 is 0. The lowest BCUT2D eigenvalue weighted by atomic mass is 9.94. The molecule has 112 valence electrons. The molecule has 0 spiro atoms. The minimum Gasteiger partial charge on any atom is -0.478 e. The van der Waals surface area contributed by atoms with E-state index in [9.17, 15) is 14.7 Å². The number of carbonyl (C=O) groups is 2. The van der Waals surface area contributed by atoms with Crippen molar-refractivity contribution in [1.29, 1.82) is 0 Å². The minimum absolute atomic E-state index is 0.131. The molecule has 2 rings (SSSR count). The van der Waals surface area contributed by atoms with E-state index in [4.69, 9.17) is 17.3 Å². The highest BCUT2D eigenvalue weighted by Crippen LogP contribution is 2.26. The molecule has 1 heterocycles. The third-order valence-corrected chi connectivity index (χ3v) is 3.90. The molecule has 0 aliphatic carbocycles. The zero-order valence-corrected chi connectivity index (χ0v) is 12.4. The second-order valence-electron chi connectivity index (χ2n) is 4.92. The number of hydrogen-bond donors (Lipinski definition) is 2. The van der Waals surface area contributed by atoms with Crippen molar-refractivity contribution in [3.05, 3.63) is 46.1 Å². The lowest BCUT2D eigenvalue weighted by Crippen LogP contribution is -2.47. The van der Waals surface area contributed by atoms with Gasteiger partial charge in [0.2, 0.25) is 0 Å². The van der Waals surface area contributed by atoms with Gasteiger partial charge in [-0.15, -0.1) is 0 Å².